The molecule has 0 aliphatic rings. The quantitative estimate of drug-likeness (QED) is 0.793. The average Bonchev–Trinajstić information content (AvgIpc) is 2.45. The summed E-state index contributed by atoms with van der Waals surface area (Å²) in [6.45, 7) is 3.96. The van der Waals surface area contributed by atoms with Crippen LogP contribution in [0.25, 0.3) is 10.9 Å². The van der Waals surface area contributed by atoms with Crippen LogP contribution >= 0.6 is 11.6 Å². The van der Waals surface area contributed by atoms with Crippen LogP contribution in [0.4, 0.5) is 5.69 Å². The molecule has 0 aliphatic carbocycles. The zero-order chi connectivity index (χ0) is 14.5. The number of rotatable bonds is 5. The lowest BCUT2D eigenvalue weighted by molar-refractivity contribution is 0.154. The highest BCUT2D eigenvalue weighted by atomic mass is 35.5. The molecule has 2 rings (SSSR count). The molecule has 0 spiro atoms. The van der Waals surface area contributed by atoms with Gasteiger partial charge in [0.2, 0.25) is 0 Å². The van der Waals surface area contributed by atoms with Crippen molar-refractivity contribution in [3.63, 3.8) is 0 Å². The molecule has 20 heavy (non-hydrogen) atoms. The van der Waals surface area contributed by atoms with E-state index >= 15 is 0 Å². The molecule has 5 heteroatoms. The normalized spacial score (nSPS) is 10.5. The van der Waals surface area contributed by atoms with Crippen molar-refractivity contribution in [2.75, 3.05) is 31.7 Å². The fourth-order valence-electron chi connectivity index (χ4n) is 2.10. The summed E-state index contributed by atoms with van der Waals surface area (Å²) in [5.41, 5.74) is 2.21. The molecule has 1 aromatic heterocycles. The van der Waals surface area contributed by atoms with Crippen LogP contribution in [-0.4, -0.2) is 31.8 Å². The largest absolute Gasteiger partial charge is 0.380 e. The van der Waals surface area contributed by atoms with Crippen LogP contribution in [0.3, 0.4) is 0 Å². The summed E-state index contributed by atoms with van der Waals surface area (Å²) in [6.07, 6.45) is 1.60. The summed E-state index contributed by atoms with van der Waals surface area (Å²) >= 11 is 6.06. The van der Waals surface area contributed by atoms with E-state index in [4.69, 9.17) is 16.3 Å². The van der Waals surface area contributed by atoms with Gasteiger partial charge in [0.25, 0.3) is 0 Å². The van der Waals surface area contributed by atoms with E-state index in [2.05, 4.69) is 11.1 Å². The fourth-order valence-corrected chi connectivity index (χ4v) is 2.27. The van der Waals surface area contributed by atoms with Gasteiger partial charge in [-0.05, 0) is 25.1 Å². The summed E-state index contributed by atoms with van der Waals surface area (Å²) in [7, 11) is 1.94. The van der Waals surface area contributed by atoms with E-state index in [1.807, 2.05) is 31.0 Å². The third kappa shape index (κ3) is 3.01. The molecule has 2 aromatic rings. The maximum Gasteiger partial charge on any atom is 0.103 e. The Morgan fingerprint density at radius 1 is 1.45 bits per heavy atom. The van der Waals surface area contributed by atoms with Gasteiger partial charge in [-0.3, -0.25) is 4.98 Å². The Morgan fingerprint density at radius 2 is 2.25 bits per heavy atom. The van der Waals surface area contributed by atoms with Crippen LogP contribution < -0.4 is 4.90 Å². The van der Waals surface area contributed by atoms with Crippen molar-refractivity contribution in [1.29, 1.82) is 5.26 Å². The van der Waals surface area contributed by atoms with E-state index in [1.54, 1.807) is 12.3 Å². The molecule has 0 saturated heterocycles. The molecule has 0 radical (unpaired) electrons. The Hall–Kier alpha value is -1.83. The van der Waals surface area contributed by atoms with Crippen LogP contribution in [0.2, 0.25) is 5.02 Å². The second-order valence-electron chi connectivity index (χ2n) is 4.41. The molecule has 0 bridgehead atoms. The van der Waals surface area contributed by atoms with Gasteiger partial charge in [-0.25, -0.2) is 0 Å². The van der Waals surface area contributed by atoms with Gasteiger partial charge in [-0.1, -0.05) is 11.6 Å². The van der Waals surface area contributed by atoms with E-state index in [0.29, 0.717) is 30.3 Å². The van der Waals surface area contributed by atoms with Crippen LogP contribution in [0.15, 0.2) is 24.4 Å². The lowest BCUT2D eigenvalue weighted by Crippen LogP contribution is -2.23. The van der Waals surface area contributed by atoms with Gasteiger partial charge in [0.15, 0.2) is 0 Å². The highest BCUT2D eigenvalue weighted by molar-refractivity contribution is 6.31. The molecule has 104 valence electrons. The smallest absolute Gasteiger partial charge is 0.103 e. The Balaban J connectivity index is 2.47. The number of likely N-dealkylation sites (N-methyl/N-ethyl adjacent to an activating group) is 1. The molecule has 0 N–H and O–H groups in total. The van der Waals surface area contributed by atoms with Gasteiger partial charge in [-0.2, -0.15) is 5.26 Å². The lowest BCUT2D eigenvalue weighted by atomic mass is 10.1. The van der Waals surface area contributed by atoms with Gasteiger partial charge in [0, 0.05) is 36.8 Å². The molecule has 1 aromatic carbocycles. The van der Waals surface area contributed by atoms with Crippen LogP contribution in [-0.2, 0) is 4.74 Å². The molecule has 0 fully saturated rings. The number of hydrogen-bond acceptors (Lipinski definition) is 4. The Bertz CT molecular complexity index is 651. The predicted molar refractivity (Wildman–Crippen MR) is 81.2 cm³/mol. The second kappa shape index (κ2) is 6.56. The van der Waals surface area contributed by atoms with Crippen LogP contribution in [0.5, 0.6) is 0 Å². The zero-order valence-electron chi connectivity index (χ0n) is 11.6. The lowest BCUT2D eigenvalue weighted by Gasteiger charge is -2.22. The number of ether oxygens (including phenoxy) is 1. The number of fused-ring (bicyclic) bond motifs is 1. The third-order valence-corrected chi connectivity index (χ3v) is 3.31. The minimum atomic E-state index is 0.541. The summed E-state index contributed by atoms with van der Waals surface area (Å²) < 4.78 is 5.37. The molecule has 4 nitrogen and oxygen atoms in total. The SMILES string of the molecule is CCOCCN(C)c1c(C#N)cnc2ccc(Cl)cc12. The first-order chi connectivity index (χ1) is 9.67. The molecule has 0 aliphatic heterocycles. The standard InChI is InChI=1S/C15H16ClN3O/c1-3-20-7-6-19(2)15-11(9-17)10-18-14-5-4-12(16)8-13(14)15/h4-5,8,10H,3,6-7H2,1-2H3. The maximum atomic E-state index is 9.29. The van der Waals surface area contributed by atoms with E-state index in [9.17, 15) is 5.26 Å². The first-order valence-electron chi connectivity index (χ1n) is 6.44. The summed E-state index contributed by atoms with van der Waals surface area (Å²) in [5.74, 6) is 0. The topological polar surface area (TPSA) is 49.1 Å². The number of benzene rings is 1. The highest BCUT2D eigenvalue weighted by Gasteiger charge is 2.13. The van der Waals surface area contributed by atoms with Gasteiger partial charge < -0.3 is 9.64 Å². The molecule has 1 heterocycles. The molecule has 0 atom stereocenters. The number of hydrogen-bond donors (Lipinski definition) is 0. The molecule has 0 saturated carbocycles. The monoisotopic (exact) mass is 289 g/mol. The number of nitrogens with zero attached hydrogens (tertiary/aromatic N) is 3. The van der Waals surface area contributed by atoms with Gasteiger partial charge in [0.05, 0.1) is 23.4 Å². The first-order valence-corrected chi connectivity index (χ1v) is 6.82. The van der Waals surface area contributed by atoms with E-state index in [1.165, 1.54) is 0 Å². The Labute approximate surface area is 123 Å². The predicted octanol–water partition coefficient (Wildman–Crippen LogP) is 3.23. The maximum absolute atomic E-state index is 9.29. The molecule has 0 unspecified atom stereocenters. The van der Waals surface area contributed by atoms with Crippen molar-refractivity contribution in [2.24, 2.45) is 0 Å². The van der Waals surface area contributed by atoms with Crippen molar-refractivity contribution >= 4 is 28.2 Å². The van der Waals surface area contributed by atoms with Gasteiger partial charge in [-0.15, -0.1) is 0 Å². The summed E-state index contributed by atoms with van der Waals surface area (Å²) in [4.78, 5) is 6.30. The highest BCUT2D eigenvalue weighted by Crippen LogP contribution is 2.30. The van der Waals surface area contributed by atoms with Crippen molar-refractivity contribution in [3.8, 4) is 6.07 Å². The average molecular weight is 290 g/mol. The van der Waals surface area contributed by atoms with Crippen molar-refractivity contribution in [2.45, 2.75) is 6.92 Å². The Kier molecular flexibility index (Phi) is 4.78. The Morgan fingerprint density at radius 3 is 2.95 bits per heavy atom. The zero-order valence-corrected chi connectivity index (χ0v) is 12.3. The van der Waals surface area contributed by atoms with E-state index in [-0.39, 0.29) is 0 Å². The minimum absolute atomic E-state index is 0.541. The number of halogens is 1. The number of pyridine rings is 1. The van der Waals surface area contributed by atoms with Crippen LogP contribution in [0.1, 0.15) is 12.5 Å². The van der Waals surface area contributed by atoms with Crippen molar-refractivity contribution in [3.05, 3.63) is 35.0 Å². The minimum Gasteiger partial charge on any atom is -0.380 e. The van der Waals surface area contributed by atoms with Crippen molar-refractivity contribution in [1.82, 2.24) is 4.98 Å². The number of aromatic nitrogens is 1. The second-order valence-corrected chi connectivity index (χ2v) is 4.85. The number of anilines is 1. The third-order valence-electron chi connectivity index (χ3n) is 3.08. The van der Waals surface area contributed by atoms with Gasteiger partial charge >= 0.3 is 0 Å². The van der Waals surface area contributed by atoms with Crippen molar-refractivity contribution < 1.29 is 4.74 Å². The molecular formula is C15H16ClN3O. The fraction of sp³-hybridized carbons (Fsp3) is 0.333. The molecule has 0 amide bonds. The summed E-state index contributed by atoms with van der Waals surface area (Å²) in [5, 5.41) is 10.8. The van der Waals surface area contributed by atoms with E-state index < -0.39 is 0 Å². The summed E-state index contributed by atoms with van der Waals surface area (Å²) in [6, 6.07) is 7.69. The van der Waals surface area contributed by atoms with Crippen LogP contribution in [0, 0.1) is 11.3 Å². The molecular weight excluding hydrogens is 274 g/mol. The van der Waals surface area contributed by atoms with E-state index in [0.717, 1.165) is 16.6 Å². The van der Waals surface area contributed by atoms with Gasteiger partial charge in [0.1, 0.15) is 6.07 Å². The number of nitriles is 1. The first kappa shape index (κ1) is 14.6.